The predicted molar refractivity (Wildman–Crippen MR) is 33.0 cm³/mol. The summed E-state index contributed by atoms with van der Waals surface area (Å²) in [5, 5.41) is 8.49. The Morgan fingerprint density at radius 1 is 2.00 bits per heavy atom. The van der Waals surface area contributed by atoms with E-state index >= 15 is 0 Å². The molecule has 52 valence electrons. The van der Waals surface area contributed by atoms with Crippen LogP contribution >= 0.6 is 0 Å². The van der Waals surface area contributed by atoms with Gasteiger partial charge in [0.1, 0.15) is 5.54 Å². The van der Waals surface area contributed by atoms with Crippen molar-refractivity contribution in [2.75, 3.05) is 0 Å². The SMILES string of the molecule is CCC1C[C@]1(N)C(=O)O. The average Bonchev–Trinajstić information content (AvgIpc) is 2.44. The van der Waals surface area contributed by atoms with E-state index in [1.807, 2.05) is 6.92 Å². The molecule has 0 aliphatic heterocycles. The summed E-state index contributed by atoms with van der Waals surface area (Å²) >= 11 is 0. The van der Waals surface area contributed by atoms with Gasteiger partial charge in [-0.3, -0.25) is 4.79 Å². The summed E-state index contributed by atoms with van der Waals surface area (Å²) in [6.07, 6.45) is 1.53. The summed E-state index contributed by atoms with van der Waals surface area (Å²) in [4.78, 5) is 10.3. The maximum atomic E-state index is 10.3. The molecule has 0 heterocycles. The first-order valence-corrected chi connectivity index (χ1v) is 3.13. The topological polar surface area (TPSA) is 63.3 Å². The second-order valence-corrected chi connectivity index (χ2v) is 2.65. The number of rotatable bonds is 2. The third-order valence-electron chi connectivity index (χ3n) is 2.04. The summed E-state index contributed by atoms with van der Waals surface area (Å²) in [7, 11) is 0. The molecule has 0 spiro atoms. The van der Waals surface area contributed by atoms with Crippen molar-refractivity contribution in [2.24, 2.45) is 11.7 Å². The molecule has 3 nitrogen and oxygen atoms in total. The fourth-order valence-corrected chi connectivity index (χ4v) is 1.12. The summed E-state index contributed by atoms with van der Waals surface area (Å²) < 4.78 is 0. The van der Waals surface area contributed by atoms with Crippen LogP contribution < -0.4 is 5.73 Å². The maximum Gasteiger partial charge on any atom is 0.323 e. The molecular formula is C6H11NO2. The quantitative estimate of drug-likeness (QED) is 0.559. The van der Waals surface area contributed by atoms with Crippen LogP contribution in [0.1, 0.15) is 19.8 Å². The minimum Gasteiger partial charge on any atom is -0.480 e. The van der Waals surface area contributed by atoms with E-state index in [1.54, 1.807) is 0 Å². The smallest absolute Gasteiger partial charge is 0.323 e. The van der Waals surface area contributed by atoms with Crippen LogP contribution in [0.5, 0.6) is 0 Å². The number of hydrogen-bond acceptors (Lipinski definition) is 2. The maximum absolute atomic E-state index is 10.3. The molecule has 0 saturated heterocycles. The molecule has 2 atom stereocenters. The van der Waals surface area contributed by atoms with Gasteiger partial charge in [-0.2, -0.15) is 0 Å². The van der Waals surface area contributed by atoms with Gasteiger partial charge in [-0.1, -0.05) is 13.3 Å². The van der Waals surface area contributed by atoms with Crippen LogP contribution in [0, 0.1) is 5.92 Å². The Bertz CT molecular complexity index is 146. The lowest BCUT2D eigenvalue weighted by molar-refractivity contribution is -0.140. The summed E-state index contributed by atoms with van der Waals surface area (Å²) in [5.41, 5.74) is 4.58. The molecule has 1 saturated carbocycles. The van der Waals surface area contributed by atoms with Gasteiger partial charge in [0, 0.05) is 0 Å². The molecule has 9 heavy (non-hydrogen) atoms. The third kappa shape index (κ3) is 0.812. The van der Waals surface area contributed by atoms with Crippen LogP contribution in [0.3, 0.4) is 0 Å². The monoisotopic (exact) mass is 129 g/mol. The highest BCUT2D eigenvalue weighted by Crippen LogP contribution is 2.43. The van der Waals surface area contributed by atoms with E-state index in [9.17, 15) is 4.79 Å². The van der Waals surface area contributed by atoms with Crippen molar-refractivity contribution < 1.29 is 9.90 Å². The van der Waals surface area contributed by atoms with Crippen LogP contribution in [0.25, 0.3) is 0 Å². The molecule has 0 aromatic heterocycles. The van der Waals surface area contributed by atoms with Gasteiger partial charge < -0.3 is 10.8 Å². The first-order valence-electron chi connectivity index (χ1n) is 3.13. The highest BCUT2D eigenvalue weighted by Gasteiger charge is 2.56. The third-order valence-corrected chi connectivity index (χ3v) is 2.04. The molecule has 3 heteroatoms. The molecule has 1 aliphatic carbocycles. The Morgan fingerprint density at radius 3 is 2.67 bits per heavy atom. The fourth-order valence-electron chi connectivity index (χ4n) is 1.12. The Hall–Kier alpha value is -0.570. The van der Waals surface area contributed by atoms with Crippen molar-refractivity contribution in [1.82, 2.24) is 0 Å². The predicted octanol–water partition coefficient (Wildman–Crippen LogP) is 0.198. The van der Waals surface area contributed by atoms with Crippen molar-refractivity contribution in [3.63, 3.8) is 0 Å². The van der Waals surface area contributed by atoms with Gasteiger partial charge in [-0.05, 0) is 12.3 Å². The van der Waals surface area contributed by atoms with Crippen LogP contribution in [0.2, 0.25) is 0 Å². The van der Waals surface area contributed by atoms with Gasteiger partial charge in [0.25, 0.3) is 0 Å². The van der Waals surface area contributed by atoms with Crippen molar-refractivity contribution in [3.05, 3.63) is 0 Å². The van der Waals surface area contributed by atoms with E-state index in [0.29, 0.717) is 6.42 Å². The van der Waals surface area contributed by atoms with E-state index in [1.165, 1.54) is 0 Å². The Kier molecular flexibility index (Phi) is 1.24. The molecule has 0 aromatic rings. The van der Waals surface area contributed by atoms with Crippen LogP contribution in [0.4, 0.5) is 0 Å². The molecule has 0 aromatic carbocycles. The van der Waals surface area contributed by atoms with Gasteiger partial charge in [0.2, 0.25) is 0 Å². The molecule has 1 rings (SSSR count). The molecule has 1 fully saturated rings. The van der Waals surface area contributed by atoms with Gasteiger partial charge in [-0.15, -0.1) is 0 Å². The van der Waals surface area contributed by atoms with Crippen molar-refractivity contribution in [3.8, 4) is 0 Å². The van der Waals surface area contributed by atoms with Gasteiger partial charge in [0.15, 0.2) is 0 Å². The summed E-state index contributed by atoms with van der Waals surface area (Å²) in [6, 6.07) is 0. The van der Waals surface area contributed by atoms with E-state index < -0.39 is 11.5 Å². The first-order chi connectivity index (χ1) is 4.11. The Morgan fingerprint density at radius 2 is 2.56 bits per heavy atom. The second kappa shape index (κ2) is 1.70. The molecule has 3 N–H and O–H groups in total. The van der Waals surface area contributed by atoms with Gasteiger partial charge in [0.05, 0.1) is 0 Å². The first kappa shape index (κ1) is 6.55. The Balaban J connectivity index is 2.52. The Labute approximate surface area is 53.9 Å². The van der Waals surface area contributed by atoms with E-state index in [0.717, 1.165) is 6.42 Å². The largest absolute Gasteiger partial charge is 0.480 e. The number of carboxylic acid groups (broad SMARTS) is 1. The molecule has 1 unspecified atom stereocenters. The van der Waals surface area contributed by atoms with Crippen molar-refractivity contribution >= 4 is 5.97 Å². The van der Waals surface area contributed by atoms with Crippen LogP contribution in [-0.2, 0) is 4.79 Å². The zero-order valence-corrected chi connectivity index (χ0v) is 5.42. The van der Waals surface area contributed by atoms with Crippen LogP contribution in [0.15, 0.2) is 0 Å². The number of carboxylic acids is 1. The molecule has 1 aliphatic rings. The number of nitrogens with two attached hydrogens (primary N) is 1. The molecular weight excluding hydrogens is 118 g/mol. The highest BCUT2D eigenvalue weighted by atomic mass is 16.4. The minimum atomic E-state index is -0.866. The van der Waals surface area contributed by atoms with E-state index in [2.05, 4.69) is 0 Å². The zero-order chi connectivity index (χ0) is 7.07. The normalized spacial score (nSPS) is 40.4. The van der Waals surface area contributed by atoms with Gasteiger partial charge in [-0.25, -0.2) is 0 Å². The summed E-state index contributed by atoms with van der Waals surface area (Å²) in [6.45, 7) is 1.96. The second-order valence-electron chi connectivity index (χ2n) is 2.65. The fraction of sp³-hybridized carbons (Fsp3) is 0.833. The number of aliphatic carboxylic acids is 1. The number of carbonyl (C=O) groups is 1. The molecule has 0 radical (unpaired) electrons. The van der Waals surface area contributed by atoms with Crippen molar-refractivity contribution in [2.45, 2.75) is 25.3 Å². The number of hydrogen-bond donors (Lipinski definition) is 2. The lowest BCUT2D eigenvalue weighted by atomic mass is 10.2. The molecule has 0 bridgehead atoms. The zero-order valence-electron chi connectivity index (χ0n) is 5.42. The van der Waals surface area contributed by atoms with E-state index in [4.69, 9.17) is 10.8 Å². The van der Waals surface area contributed by atoms with E-state index in [-0.39, 0.29) is 5.92 Å². The standard InChI is InChI=1S/C6H11NO2/c1-2-4-3-6(4,7)5(8)9/h4H,2-3,7H2,1H3,(H,8,9)/t4?,6-/m1/s1. The highest BCUT2D eigenvalue weighted by molar-refractivity contribution is 5.82. The van der Waals surface area contributed by atoms with Gasteiger partial charge >= 0.3 is 5.97 Å². The lowest BCUT2D eigenvalue weighted by Crippen LogP contribution is -2.34. The molecule has 0 amide bonds. The van der Waals surface area contributed by atoms with Crippen LogP contribution in [-0.4, -0.2) is 16.6 Å². The average molecular weight is 129 g/mol. The lowest BCUT2D eigenvalue weighted by Gasteiger charge is -2.01. The minimum absolute atomic E-state index is 0.218. The summed E-state index contributed by atoms with van der Waals surface area (Å²) in [5.74, 6) is -0.635. The van der Waals surface area contributed by atoms with Crippen molar-refractivity contribution in [1.29, 1.82) is 0 Å².